The highest BCUT2D eigenvalue weighted by Gasteiger charge is 2.34. The highest BCUT2D eigenvalue weighted by Crippen LogP contribution is 2.23. The van der Waals surface area contributed by atoms with Gasteiger partial charge in [-0.25, -0.2) is 0 Å². The minimum atomic E-state index is -0.549. The summed E-state index contributed by atoms with van der Waals surface area (Å²) >= 11 is 0. The predicted octanol–water partition coefficient (Wildman–Crippen LogP) is 1.53. The van der Waals surface area contributed by atoms with Crippen molar-refractivity contribution in [3.05, 3.63) is 53.6 Å². The molecule has 0 saturated carbocycles. The van der Waals surface area contributed by atoms with Crippen molar-refractivity contribution in [3.8, 4) is 5.75 Å². The summed E-state index contributed by atoms with van der Waals surface area (Å²) < 4.78 is 5.69. The first-order valence-corrected chi connectivity index (χ1v) is 8.44. The molecule has 2 aromatic rings. The van der Waals surface area contributed by atoms with Crippen LogP contribution in [0.1, 0.15) is 16.8 Å². The fourth-order valence-corrected chi connectivity index (χ4v) is 3.07. The lowest BCUT2D eigenvalue weighted by molar-refractivity contribution is -0.132. The molecule has 6 heteroatoms. The number of ether oxygens (including phenoxy) is 1. The van der Waals surface area contributed by atoms with E-state index in [0.717, 1.165) is 22.6 Å². The topological polar surface area (TPSA) is 75.5 Å². The van der Waals surface area contributed by atoms with Gasteiger partial charge in [0.25, 0.3) is 5.91 Å². The number of aromatic nitrogens is 2. The van der Waals surface area contributed by atoms with Crippen LogP contribution < -0.4 is 4.74 Å². The molecule has 132 valence electrons. The van der Waals surface area contributed by atoms with Crippen molar-refractivity contribution < 1.29 is 14.6 Å². The van der Waals surface area contributed by atoms with Crippen molar-refractivity contribution in [3.63, 3.8) is 0 Å². The summed E-state index contributed by atoms with van der Waals surface area (Å²) in [5.41, 5.74) is 3.00. The summed E-state index contributed by atoms with van der Waals surface area (Å²) in [5.74, 6) is 0.590. The molecule has 0 spiro atoms. The second-order valence-electron chi connectivity index (χ2n) is 6.51. The summed E-state index contributed by atoms with van der Waals surface area (Å²) in [4.78, 5) is 22.4. The van der Waals surface area contributed by atoms with Gasteiger partial charge in [-0.3, -0.25) is 14.8 Å². The van der Waals surface area contributed by atoms with Crippen LogP contribution in [-0.2, 0) is 11.2 Å². The lowest BCUT2D eigenvalue weighted by Gasteiger charge is -2.17. The number of benzene rings is 1. The largest absolute Gasteiger partial charge is 0.483 e. The van der Waals surface area contributed by atoms with Gasteiger partial charge < -0.3 is 14.7 Å². The van der Waals surface area contributed by atoms with E-state index in [0.29, 0.717) is 19.5 Å². The normalized spacial score (nSPS) is 19.9. The van der Waals surface area contributed by atoms with E-state index in [9.17, 15) is 9.90 Å². The molecule has 0 unspecified atom stereocenters. The van der Waals surface area contributed by atoms with Crippen LogP contribution >= 0.6 is 0 Å². The van der Waals surface area contributed by atoms with E-state index in [1.165, 1.54) is 0 Å². The Balaban J connectivity index is 1.55. The Bertz CT molecular complexity index is 736. The fourth-order valence-electron chi connectivity index (χ4n) is 3.07. The maximum absolute atomic E-state index is 12.4. The maximum Gasteiger partial charge on any atom is 0.260 e. The summed E-state index contributed by atoms with van der Waals surface area (Å²) in [6, 6.07) is 5.79. The number of nitrogens with zero attached hydrogens (tertiary/aromatic N) is 3. The fraction of sp³-hybridized carbons (Fsp3) is 0.421. The molecule has 3 rings (SSSR count). The number of hydrogen-bond acceptors (Lipinski definition) is 5. The Morgan fingerprint density at radius 3 is 2.92 bits per heavy atom. The van der Waals surface area contributed by atoms with Crippen LogP contribution in [0.2, 0.25) is 0 Å². The number of hydrogen-bond donors (Lipinski definition) is 1. The zero-order valence-corrected chi connectivity index (χ0v) is 14.6. The summed E-state index contributed by atoms with van der Waals surface area (Å²) in [5, 5.41) is 10.3. The number of amides is 1. The molecule has 0 radical (unpaired) electrons. The average Bonchev–Trinajstić information content (AvgIpc) is 2.98. The molecule has 1 aliphatic heterocycles. The predicted molar refractivity (Wildman–Crippen MR) is 93.2 cm³/mol. The van der Waals surface area contributed by atoms with E-state index in [1.807, 2.05) is 32.0 Å². The SMILES string of the molecule is Cc1cccc(OCC(=O)N2C[C@@H](Cc3cnccn3)[C@H](O)C2)c1C. The Kier molecular flexibility index (Phi) is 5.28. The van der Waals surface area contributed by atoms with E-state index >= 15 is 0 Å². The monoisotopic (exact) mass is 341 g/mol. The number of aryl methyl sites for hydroxylation is 1. The van der Waals surface area contributed by atoms with E-state index in [4.69, 9.17) is 4.74 Å². The second kappa shape index (κ2) is 7.61. The van der Waals surface area contributed by atoms with Gasteiger partial charge in [-0.2, -0.15) is 0 Å². The average molecular weight is 341 g/mol. The van der Waals surface area contributed by atoms with Crippen molar-refractivity contribution in [1.82, 2.24) is 14.9 Å². The van der Waals surface area contributed by atoms with Crippen molar-refractivity contribution in [2.24, 2.45) is 5.92 Å². The summed E-state index contributed by atoms with van der Waals surface area (Å²) in [6.07, 6.45) is 5.01. The highest BCUT2D eigenvalue weighted by molar-refractivity contribution is 5.78. The standard InChI is InChI=1S/C19H23N3O3/c1-13-4-3-5-18(14(13)2)25-12-19(24)22-10-15(17(23)11-22)8-16-9-20-6-7-21-16/h3-7,9,15,17,23H,8,10-12H2,1-2H3/t15-,17-/m1/s1. The lowest BCUT2D eigenvalue weighted by atomic mass is 10.0. The molecule has 1 fully saturated rings. The van der Waals surface area contributed by atoms with Crippen molar-refractivity contribution in [2.45, 2.75) is 26.4 Å². The Hall–Kier alpha value is -2.47. The van der Waals surface area contributed by atoms with Crippen LogP contribution in [0.4, 0.5) is 0 Å². The first-order valence-electron chi connectivity index (χ1n) is 8.44. The van der Waals surface area contributed by atoms with Gasteiger partial charge in [-0.15, -0.1) is 0 Å². The Morgan fingerprint density at radius 2 is 2.16 bits per heavy atom. The van der Waals surface area contributed by atoms with Crippen molar-refractivity contribution >= 4 is 5.91 Å². The summed E-state index contributed by atoms with van der Waals surface area (Å²) in [6.45, 7) is 4.81. The van der Waals surface area contributed by atoms with Crippen LogP contribution in [-0.4, -0.2) is 51.7 Å². The van der Waals surface area contributed by atoms with Gasteiger partial charge in [0.2, 0.25) is 0 Å². The van der Waals surface area contributed by atoms with E-state index in [-0.39, 0.29) is 18.4 Å². The van der Waals surface area contributed by atoms with Crippen LogP contribution in [0.3, 0.4) is 0 Å². The summed E-state index contributed by atoms with van der Waals surface area (Å²) in [7, 11) is 0. The molecule has 1 aromatic heterocycles. The van der Waals surface area contributed by atoms with Gasteiger partial charge in [0, 0.05) is 37.6 Å². The maximum atomic E-state index is 12.4. The van der Waals surface area contributed by atoms with Gasteiger partial charge in [0.15, 0.2) is 6.61 Å². The van der Waals surface area contributed by atoms with Gasteiger partial charge in [0.1, 0.15) is 5.75 Å². The Morgan fingerprint density at radius 1 is 1.32 bits per heavy atom. The first kappa shape index (κ1) is 17.4. The number of carbonyl (C=O) groups excluding carboxylic acids is 1. The molecule has 1 N–H and O–H groups in total. The molecular formula is C19H23N3O3. The van der Waals surface area contributed by atoms with Crippen LogP contribution in [0, 0.1) is 19.8 Å². The molecule has 0 bridgehead atoms. The van der Waals surface area contributed by atoms with Gasteiger partial charge in [-0.1, -0.05) is 12.1 Å². The van der Waals surface area contributed by atoms with E-state index in [2.05, 4.69) is 9.97 Å². The third-order valence-corrected chi connectivity index (χ3v) is 4.75. The quantitative estimate of drug-likeness (QED) is 0.893. The molecule has 1 aromatic carbocycles. The smallest absolute Gasteiger partial charge is 0.260 e. The van der Waals surface area contributed by atoms with Crippen molar-refractivity contribution in [1.29, 1.82) is 0 Å². The van der Waals surface area contributed by atoms with Crippen LogP contribution in [0.5, 0.6) is 5.75 Å². The lowest BCUT2D eigenvalue weighted by Crippen LogP contribution is -2.33. The van der Waals surface area contributed by atoms with Gasteiger partial charge in [-0.05, 0) is 37.5 Å². The number of aliphatic hydroxyl groups excluding tert-OH is 1. The second-order valence-corrected chi connectivity index (χ2v) is 6.51. The zero-order chi connectivity index (χ0) is 17.8. The molecular weight excluding hydrogens is 318 g/mol. The highest BCUT2D eigenvalue weighted by atomic mass is 16.5. The Labute approximate surface area is 147 Å². The van der Waals surface area contributed by atoms with Crippen molar-refractivity contribution in [2.75, 3.05) is 19.7 Å². The van der Waals surface area contributed by atoms with E-state index < -0.39 is 6.10 Å². The molecule has 6 nitrogen and oxygen atoms in total. The number of likely N-dealkylation sites (tertiary alicyclic amines) is 1. The number of carbonyl (C=O) groups is 1. The first-order chi connectivity index (χ1) is 12.0. The molecule has 1 saturated heterocycles. The molecule has 2 atom stereocenters. The molecule has 1 amide bonds. The molecule has 25 heavy (non-hydrogen) atoms. The van der Waals surface area contributed by atoms with Gasteiger partial charge >= 0.3 is 0 Å². The molecule has 1 aliphatic rings. The third kappa shape index (κ3) is 4.14. The molecule has 0 aliphatic carbocycles. The number of β-amino-alcohol motifs (C(OH)–C–C–N with tert-alkyl or cyclic N) is 1. The number of aliphatic hydroxyl groups is 1. The minimum Gasteiger partial charge on any atom is -0.483 e. The van der Waals surface area contributed by atoms with Crippen LogP contribution in [0.15, 0.2) is 36.8 Å². The van der Waals surface area contributed by atoms with E-state index in [1.54, 1.807) is 23.5 Å². The minimum absolute atomic E-state index is 0.0190. The van der Waals surface area contributed by atoms with Crippen LogP contribution in [0.25, 0.3) is 0 Å². The zero-order valence-electron chi connectivity index (χ0n) is 14.6. The molecule has 2 heterocycles. The van der Waals surface area contributed by atoms with Gasteiger partial charge in [0.05, 0.1) is 11.8 Å². The third-order valence-electron chi connectivity index (χ3n) is 4.75. The number of rotatable bonds is 5.